The maximum atomic E-state index is 11.3. The van der Waals surface area contributed by atoms with Crippen molar-refractivity contribution in [2.75, 3.05) is 0 Å². The molecule has 0 aliphatic heterocycles. The van der Waals surface area contributed by atoms with Crippen LogP contribution in [0.5, 0.6) is 0 Å². The Bertz CT molecular complexity index is 558. The van der Waals surface area contributed by atoms with Gasteiger partial charge in [-0.1, -0.05) is 12.1 Å². The van der Waals surface area contributed by atoms with Gasteiger partial charge in [-0.05, 0) is 37.1 Å². The van der Waals surface area contributed by atoms with E-state index in [0.717, 1.165) is 16.5 Å². The van der Waals surface area contributed by atoms with E-state index in [2.05, 4.69) is 24.6 Å². The Balaban J connectivity index is 0.000000437. The van der Waals surface area contributed by atoms with Gasteiger partial charge in [0.1, 0.15) is 0 Å². The zero-order chi connectivity index (χ0) is 13.0. The number of aryl methyl sites for hydroxylation is 2. The number of halogens is 1. The second-order valence-electron chi connectivity index (χ2n) is 3.82. The number of Topliss-reactive ketones (excluding diaryl/α,β-unsaturated/α-hetero) is 1. The number of aromatic nitrogens is 1. The average Bonchev–Trinajstić information content (AvgIpc) is 2.57. The molecule has 0 saturated heterocycles. The highest BCUT2D eigenvalue weighted by Crippen LogP contribution is 2.21. The Morgan fingerprint density at radius 3 is 2.53 bits per heavy atom. The van der Waals surface area contributed by atoms with E-state index in [1.807, 2.05) is 29.9 Å². The SMILES string of the molecule is CC(=O)c1cn(C)c2cc(C)ccc12.O=CCl. The Morgan fingerprint density at radius 1 is 1.41 bits per heavy atom. The van der Waals surface area contributed by atoms with Crippen LogP contribution in [0.1, 0.15) is 22.8 Å². The van der Waals surface area contributed by atoms with Crippen LogP contribution in [0.15, 0.2) is 24.4 Å². The second kappa shape index (κ2) is 5.64. The van der Waals surface area contributed by atoms with Gasteiger partial charge in [0.25, 0.3) is 0 Å². The Hall–Kier alpha value is -1.61. The zero-order valence-electron chi connectivity index (χ0n) is 10.0. The normalized spacial score (nSPS) is 9.65. The summed E-state index contributed by atoms with van der Waals surface area (Å²) in [7, 11) is 1.97. The molecule has 1 aromatic heterocycles. The topological polar surface area (TPSA) is 39.1 Å². The molecule has 17 heavy (non-hydrogen) atoms. The lowest BCUT2D eigenvalue weighted by Gasteiger charge is -1.97. The first kappa shape index (κ1) is 13.5. The molecule has 0 N–H and O–H groups in total. The molecule has 2 aromatic rings. The van der Waals surface area contributed by atoms with Gasteiger partial charge >= 0.3 is 0 Å². The van der Waals surface area contributed by atoms with E-state index in [9.17, 15) is 4.79 Å². The summed E-state index contributed by atoms with van der Waals surface area (Å²) in [6.07, 6.45) is 1.90. The molecule has 0 spiro atoms. The minimum absolute atomic E-state index is 0.124. The van der Waals surface area contributed by atoms with Crippen LogP contribution >= 0.6 is 11.6 Å². The number of ketones is 1. The third-order valence-corrected chi connectivity index (χ3v) is 2.53. The number of rotatable bonds is 1. The molecule has 90 valence electrons. The molecule has 0 bridgehead atoms. The number of nitrogens with zero attached hydrogens (tertiary/aromatic N) is 1. The van der Waals surface area contributed by atoms with Crippen molar-refractivity contribution in [2.45, 2.75) is 13.8 Å². The van der Waals surface area contributed by atoms with Crippen molar-refractivity contribution in [2.24, 2.45) is 7.05 Å². The number of benzene rings is 1. The number of fused-ring (bicyclic) bond motifs is 1. The molecule has 0 amide bonds. The summed E-state index contributed by atoms with van der Waals surface area (Å²) in [5.41, 5.74) is 3.14. The van der Waals surface area contributed by atoms with Crippen LogP contribution in [-0.4, -0.2) is 16.1 Å². The molecule has 1 aromatic carbocycles. The van der Waals surface area contributed by atoms with Gasteiger partial charge in [0.05, 0.1) is 0 Å². The molecular formula is C13H14ClNO2. The lowest BCUT2D eigenvalue weighted by atomic mass is 10.1. The van der Waals surface area contributed by atoms with Crippen molar-refractivity contribution in [1.29, 1.82) is 0 Å². The predicted octanol–water partition coefficient (Wildman–Crippen LogP) is 3.10. The standard InChI is InChI=1S/C12H13NO.CHClO/c1-8-4-5-10-11(9(2)14)7-13(3)12(10)6-8;2-1-3/h4-7H,1-3H3;1H. The average molecular weight is 252 g/mol. The van der Waals surface area contributed by atoms with E-state index in [0.29, 0.717) is 0 Å². The van der Waals surface area contributed by atoms with Crippen LogP contribution in [0.2, 0.25) is 0 Å². The fraction of sp³-hybridized carbons (Fsp3) is 0.231. The highest BCUT2D eigenvalue weighted by atomic mass is 35.5. The highest BCUT2D eigenvalue weighted by Gasteiger charge is 2.09. The van der Waals surface area contributed by atoms with E-state index in [-0.39, 0.29) is 11.5 Å². The van der Waals surface area contributed by atoms with Gasteiger partial charge in [0, 0.05) is 29.7 Å². The Labute approximate surface area is 105 Å². The summed E-state index contributed by atoms with van der Waals surface area (Å²) >= 11 is 4.32. The van der Waals surface area contributed by atoms with Gasteiger partial charge in [0.2, 0.25) is 5.75 Å². The van der Waals surface area contributed by atoms with Gasteiger partial charge in [-0.25, -0.2) is 0 Å². The van der Waals surface area contributed by atoms with Gasteiger partial charge in [0.15, 0.2) is 5.78 Å². The van der Waals surface area contributed by atoms with Crippen molar-refractivity contribution in [3.8, 4) is 0 Å². The van der Waals surface area contributed by atoms with Gasteiger partial charge in [-0.15, -0.1) is 0 Å². The van der Waals surface area contributed by atoms with Gasteiger partial charge in [-0.2, -0.15) is 0 Å². The molecule has 0 aliphatic carbocycles. The first-order valence-electron chi connectivity index (χ1n) is 5.11. The first-order valence-corrected chi connectivity index (χ1v) is 5.55. The number of hydrogen-bond donors (Lipinski definition) is 0. The van der Waals surface area contributed by atoms with Crippen LogP contribution in [0, 0.1) is 6.92 Å². The fourth-order valence-electron chi connectivity index (χ4n) is 1.77. The maximum Gasteiger partial charge on any atom is 0.208 e. The van der Waals surface area contributed by atoms with Crippen LogP contribution in [-0.2, 0) is 11.8 Å². The molecule has 0 atom stereocenters. The lowest BCUT2D eigenvalue weighted by molar-refractivity contribution is 0.101. The van der Waals surface area contributed by atoms with E-state index < -0.39 is 0 Å². The molecule has 0 saturated carbocycles. The first-order chi connectivity index (χ1) is 8.01. The molecular weight excluding hydrogens is 238 g/mol. The smallest absolute Gasteiger partial charge is 0.208 e. The molecule has 1 heterocycles. The van der Waals surface area contributed by atoms with Gasteiger partial charge < -0.3 is 4.57 Å². The summed E-state index contributed by atoms with van der Waals surface area (Å²) in [5, 5.41) is 1.05. The highest BCUT2D eigenvalue weighted by molar-refractivity contribution is 6.54. The summed E-state index contributed by atoms with van der Waals surface area (Å²) in [6, 6.07) is 6.15. The number of carbonyl (C=O) groups excluding carboxylic acids is 2. The predicted molar refractivity (Wildman–Crippen MR) is 70.3 cm³/mol. The number of carbonyl (C=O) groups is 2. The summed E-state index contributed by atoms with van der Waals surface area (Å²) in [6.45, 7) is 3.66. The molecule has 3 nitrogen and oxygen atoms in total. The fourth-order valence-corrected chi connectivity index (χ4v) is 1.77. The van der Waals surface area contributed by atoms with Crippen LogP contribution < -0.4 is 0 Å². The molecule has 0 unspecified atom stereocenters. The van der Waals surface area contributed by atoms with E-state index in [1.54, 1.807) is 6.92 Å². The lowest BCUT2D eigenvalue weighted by Crippen LogP contribution is -1.88. The minimum atomic E-state index is 0.124. The van der Waals surface area contributed by atoms with Crippen molar-refractivity contribution >= 4 is 34.0 Å². The van der Waals surface area contributed by atoms with Crippen LogP contribution in [0.25, 0.3) is 10.9 Å². The largest absolute Gasteiger partial charge is 0.350 e. The third kappa shape index (κ3) is 2.94. The Morgan fingerprint density at radius 2 is 2.00 bits per heavy atom. The van der Waals surface area contributed by atoms with E-state index in [1.165, 1.54) is 5.56 Å². The van der Waals surface area contributed by atoms with E-state index in [4.69, 9.17) is 4.79 Å². The van der Waals surface area contributed by atoms with Gasteiger partial charge in [-0.3, -0.25) is 9.59 Å². The maximum absolute atomic E-state index is 11.3. The monoisotopic (exact) mass is 251 g/mol. The van der Waals surface area contributed by atoms with Crippen molar-refractivity contribution in [3.63, 3.8) is 0 Å². The van der Waals surface area contributed by atoms with Crippen molar-refractivity contribution in [1.82, 2.24) is 4.57 Å². The molecule has 0 fully saturated rings. The van der Waals surface area contributed by atoms with E-state index >= 15 is 0 Å². The van der Waals surface area contributed by atoms with Crippen LogP contribution in [0.4, 0.5) is 0 Å². The molecule has 0 aliphatic rings. The molecule has 4 heteroatoms. The zero-order valence-corrected chi connectivity index (χ0v) is 10.8. The number of hydrogen-bond acceptors (Lipinski definition) is 2. The Kier molecular flexibility index (Phi) is 4.46. The second-order valence-corrected chi connectivity index (χ2v) is 4.00. The quantitative estimate of drug-likeness (QED) is 0.444. The summed E-state index contributed by atoms with van der Waals surface area (Å²) < 4.78 is 2.00. The molecule has 2 rings (SSSR count). The molecule has 0 radical (unpaired) electrons. The summed E-state index contributed by atoms with van der Waals surface area (Å²) in [4.78, 5) is 19.9. The van der Waals surface area contributed by atoms with Crippen LogP contribution in [0.3, 0.4) is 0 Å². The summed E-state index contributed by atoms with van der Waals surface area (Å²) in [5.74, 6) is 0.347. The third-order valence-electron chi connectivity index (χ3n) is 2.53. The van der Waals surface area contributed by atoms with Crippen molar-refractivity contribution in [3.05, 3.63) is 35.5 Å². The minimum Gasteiger partial charge on any atom is -0.350 e. The van der Waals surface area contributed by atoms with Crippen molar-refractivity contribution < 1.29 is 9.59 Å².